The van der Waals surface area contributed by atoms with E-state index in [1.54, 1.807) is 13.8 Å². The normalized spacial score (nSPS) is 39.8. The van der Waals surface area contributed by atoms with Crippen LogP contribution >= 0.6 is 0 Å². The van der Waals surface area contributed by atoms with Gasteiger partial charge in [0.05, 0.1) is 17.1 Å². The third-order valence-corrected chi connectivity index (χ3v) is 7.94. The van der Waals surface area contributed by atoms with Crippen LogP contribution < -0.4 is 0 Å². The van der Waals surface area contributed by atoms with E-state index in [4.69, 9.17) is 9.47 Å². The van der Waals surface area contributed by atoms with Crippen molar-refractivity contribution in [3.8, 4) is 0 Å². The highest BCUT2D eigenvalue weighted by Gasteiger charge is 2.70. The fourth-order valence-corrected chi connectivity index (χ4v) is 6.40. The standard InChI is InChI=1S/C24H34O8/c1-11-15(27)8-9-23(7)18(11)20(31-13(3)25)24(22(5,6)30)10-16(28)12(2)17(24)19(29)21(23)32-14(4)26/h15,18-21,27,29-30H,1,8-10H2,2-7H3/t15-,18-,19+,20+,21+,23+,24-/m0/s1. The number of esters is 2. The van der Waals surface area contributed by atoms with Gasteiger partial charge in [0.25, 0.3) is 0 Å². The number of fused-ring (bicyclic) bond motifs is 2. The van der Waals surface area contributed by atoms with E-state index >= 15 is 0 Å². The molecule has 8 nitrogen and oxygen atoms in total. The summed E-state index contributed by atoms with van der Waals surface area (Å²) in [5.74, 6) is -2.35. The maximum Gasteiger partial charge on any atom is 0.303 e. The summed E-state index contributed by atoms with van der Waals surface area (Å²) in [4.78, 5) is 37.4. The molecule has 0 unspecified atom stereocenters. The van der Waals surface area contributed by atoms with E-state index in [2.05, 4.69) is 6.58 Å². The highest BCUT2D eigenvalue weighted by Crippen LogP contribution is 2.64. The lowest BCUT2D eigenvalue weighted by molar-refractivity contribution is -0.187. The fourth-order valence-electron chi connectivity index (χ4n) is 6.40. The maximum absolute atomic E-state index is 13.0. The SMILES string of the molecule is C=C1[C@@H](O)CC[C@@]2(C)[C@H](OC(C)=O)[C@H](O)C3=C(C)C(=O)C[C@@]3(C(C)(C)O)[C@H](OC(C)=O)[C@H]12. The largest absolute Gasteiger partial charge is 0.461 e. The summed E-state index contributed by atoms with van der Waals surface area (Å²) < 4.78 is 11.5. The van der Waals surface area contributed by atoms with Crippen molar-refractivity contribution < 1.29 is 39.2 Å². The number of Topliss-reactive ketones (excluding diaryl/α,β-unsaturated/α-hetero) is 1. The molecule has 0 aliphatic heterocycles. The number of hydrogen-bond donors (Lipinski definition) is 3. The van der Waals surface area contributed by atoms with E-state index in [1.807, 2.05) is 0 Å². The first kappa shape index (κ1) is 24.6. The van der Waals surface area contributed by atoms with Gasteiger partial charge in [0.15, 0.2) is 5.78 Å². The second-order valence-electron chi connectivity index (χ2n) is 10.3. The van der Waals surface area contributed by atoms with Gasteiger partial charge in [0, 0.05) is 31.6 Å². The molecule has 3 N–H and O–H groups in total. The highest BCUT2D eigenvalue weighted by molar-refractivity contribution is 6.00. The van der Waals surface area contributed by atoms with Gasteiger partial charge >= 0.3 is 11.9 Å². The van der Waals surface area contributed by atoms with Crippen LogP contribution in [0.1, 0.15) is 60.8 Å². The molecule has 178 valence electrons. The number of aliphatic hydroxyl groups is 3. The Kier molecular flexibility index (Phi) is 5.98. The van der Waals surface area contributed by atoms with Crippen LogP contribution in [0, 0.1) is 16.7 Å². The van der Waals surface area contributed by atoms with Crippen molar-refractivity contribution in [1.82, 2.24) is 0 Å². The molecule has 8 heteroatoms. The van der Waals surface area contributed by atoms with Crippen LogP contribution in [0.4, 0.5) is 0 Å². The molecule has 2 saturated carbocycles. The number of hydrogen-bond acceptors (Lipinski definition) is 8. The van der Waals surface area contributed by atoms with Crippen molar-refractivity contribution in [3.05, 3.63) is 23.3 Å². The lowest BCUT2D eigenvalue weighted by Gasteiger charge is -2.53. The molecule has 0 spiro atoms. The zero-order valence-electron chi connectivity index (χ0n) is 19.6. The molecule has 2 fully saturated rings. The van der Waals surface area contributed by atoms with Gasteiger partial charge < -0.3 is 24.8 Å². The molecule has 0 saturated heterocycles. The van der Waals surface area contributed by atoms with Gasteiger partial charge in [-0.2, -0.15) is 0 Å². The number of allylic oxidation sites excluding steroid dienone is 1. The Balaban J connectivity index is 2.44. The van der Waals surface area contributed by atoms with E-state index in [9.17, 15) is 29.7 Å². The van der Waals surface area contributed by atoms with Gasteiger partial charge in [0.1, 0.15) is 18.3 Å². The first-order valence-electron chi connectivity index (χ1n) is 11.0. The lowest BCUT2D eigenvalue weighted by Crippen LogP contribution is -2.59. The first-order chi connectivity index (χ1) is 14.6. The Labute approximate surface area is 188 Å². The van der Waals surface area contributed by atoms with Crippen molar-refractivity contribution in [1.29, 1.82) is 0 Å². The van der Waals surface area contributed by atoms with Crippen LogP contribution in [0.2, 0.25) is 0 Å². The maximum atomic E-state index is 13.0. The fraction of sp³-hybridized carbons (Fsp3) is 0.708. The Bertz CT molecular complexity index is 896. The molecule has 3 aliphatic rings. The first-order valence-corrected chi connectivity index (χ1v) is 11.0. The molecule has 0 heterocycles. The number of carbonyl (C=O) groups excluding carboxylic acids is 3. The predicted molar refractivity (Wildman–Crippen MR) is 114 cm³/mol. The molecule has 32 heavy (non-hydrogen) atoms. The molecule has 0 aromatic heterocycles. The lowest BCUT2D eigenvalue weighted by atomic mass is 9.55. The van der Waals surface area contributed by atoms with Gasteiger partial charge in [-0.1, -0.05) is 13.5 Å². The topological polar surface area (TPSA) is 130 Å². The van der Waals surface area contributed by atoms with Crippen LogP contribution in [0.25, 0.3) is 0 Å². The Morgan fingerprint density at radius 3 is 2.16 bits per heavy atom. The molecule has 0 aromatic rings. The van der Waals surface area contributed by atoms with E-state index in [0.717, 1.165) is 0 Å². The van der Waals surface area contributed by atoms with Gasteiger partial charge in [-0.3, -0.25) is 14.4 Å². The van der Waals surface area contributed by atoms with Crippen molar-refractivity contribution in [2.45, 2.75) is 90.8 Å². The molecular weight excluding hydrogens is 416 g/mol. The van der Waals surface area contributed by atoms with Crippen LogP contribution in [0.15, 0.2) is 23.3 Å². The monoisotopic (exact) mass is 450 g/mol. The zero-order chi connectivity index (χ0) is 24.4. The van der Waals surface area contributed by atoms with Crippen molar-refractivity contribution in [2.75, 3.05) is 0 Å². The average Bonchev–Trinajstić information content (AvgIpc) is 2.90. The highest BCUT2D eigenvalue weighted by atomic mass is 16.6. The van der Waals surface area contributed by atoms with Crippen LogP contribution in [-0.2, 0) is 23.9 Å². The second kappa shape index (κ2) is 7.78. The average molecular weight is 451 g/mol. The number of ether oxygens (including phenoxy) is 2. The summed E-state index contributed by atoms with van der Waals surface area (Å²) in [5.41, 5.74) is -3.28. The van der Waals surface area contributed by atoms with Crippen molar-refractivity contribution in [2.24, 2.45) is 16.7 Å². The zero-order valence-corrected chi connectivity index (χ0v) is 19.6. The summed E-state index contributed by atoms with van der Waals surface area (Å²) >= 11 is 0. The van der Waals surface area contributed by atoms with Gasteiger partial charge in [-0.15, -0.1) is 0 Å². The number of rotatable bonds is 3. The minimum atomic E-state index is -1.62. The van der Waals surface area contributed by atoms with Gasteiger partial charge in [-0.25, -0.2) is 0 Å². The van der Waals surface area contributed by atoms with Crippen molar-refractivity contribution in [3.63, 3.8) is 0 Å². The molecule has 3 aliphatic carbocycles. The summed E-state index contributed by atoms with van der Waals surface area (Å²) in [6, 6.07) is 0. The molecular formula is C24H34O8. The Morgan fingerprint density at radius 2 is 1.66 bits per heavy atom. The number of aliphatic hydroxyl groups excluding tert-OH is 2. The number of carbonyl (C=O) groups is 3. The van der Waals surface area contributed by atoms with Crippen LogP contribution in [0.5, 0.6) is 0 Å². The van der Waals surface area contributed by atoms with Crippen LogP contribution in [0.3, 0.4) is 0 Å². The van der Waals surface area contributed by atoms with Crippen molar-refractivity contribution >= 4 is 17.7 Å². The second-order valence-corrected chi connectivity index (χ2v) is 10.3. The molecule has 0 radical (unpaired) electrons. The predicted octanol–water partition coefficient (Wildman–Crippen LogP) is 1.60. The van der Waals surface area contributed by atoms with E-state index in [1.165, 1.54) is 27.7 Å². The summed E-state index contributed by atoms with van der Waals surface area (Å²) in [6.07, 6.45) is -4.11. The van der Waals surface area contributed by atoms with Gasteiger partial charge in [0.2, 0.25) is 0 Å². The van der Waals surface area contributed by atoms with Gasteiger partial charge in [-0.05, 0) is 50.3 Å². The molecule has 7 atom stereocenters. The summed E-state index contributed by atoms with van der Waals surface area (Å²) in [7, 11) is 0. The Morgan fingerprint density at radius 1 is 1.12 bits per heavy atom. The minimum absolute atomic E-state index is 0.199. The van der Waals surface area contributed by atoms with E-state index in [-0.39, 0.29) is 23.4 Å². The third kappa shape index (κ3) is 3.35. The van der Waals surface area contributed by atoms with Crippen LogP contribution in [-0.4, -0.2) is 63.1 Å². The van der Waals surface area contributed by atoms with E-state index in [0.29, 0.717) is 18.4 Å². The molecule has 3 rings (SSSR count). The van der Waals surface area contributed by atoms with E-state index < -0.39 is 58.7 Å². The Hall–Kier alpha value is -2.03. The molecule has 0 amide bonds. The summed E-state index contributed by atoms with van der Waals surface area (Å²) in [6.45, 7) is 12.9. The third-order valence-electron chi connectivity index (χ3n) is 7.94. The quantitative estimate of drug-likeness (QED) is 0.437. The molecule has 0 bridgehead atoms. The molecule has 0 aromatic carbocycles. The smallest absolute Gasteiger partial charge is 0.303 e. The summed E-state index contributed by atoms with van der Waals surface area (Å²) in [5, 5.41) is 33.8. The number of ketones is 1. The minimum Gasteiger partial charge on any atom is -0.461 e.